The van der Waals surface area contributed by atoms with Gasteiger partial charge in [-0.1, -0.05) is 0 Å². The molecule has 3 N–H and O–H groups in total. The molecule has 0 aromatic heterocycles. The summed E-state index contributed by atoms with van der Waals surface area (Å²) >= 11 is 0. The molecule has 1 aromatic carbocycles. The molecule has 104 valence electrons. The van der Waals surface area contributed by atoms with Crippen LogP contribution < -0.4 is 11.1 Å². The van der Waals surface area contributed by atoms with E-state index in [4.69, 9.17) is 5.73 Å². The molecule has 0 fully saturated rings. The minimum Gasteiger partial charge on any atom is -0.330 e. The molecule has 19 heavy (non-hydrogen) atoms. The van der Waals surface area contributed by atoms with Crippen molar-refractivity contribution in [3.8, 4) is 0 Å². The van der Waals surface area contributed by atoms with Gasteiger partial charge in [-0.2, -0.15) is 0 Å². The van der Waals surface area contributed by atoms with Gasteiger partial charge in [-0.3, -0.25) is 14.9 Å². The number of nitrogens with two attached hydrogens (primary N) is 1. The van der Waals surface area contributed by atoms with E-state index in [1.807, 2.05) is 6.92 Å². The summed E-state index contributed by atoms with van der Waals surface area (Å²) in [7, 11) is 0. The van der Waals surface area contributed by atoms with Crippen molar-refractivity contribution in [1.29, 1.82) is 0 Å². The molecule has 0 radical (unpaired) electrons. The van der Waals surface area contributed by atoms with Crippen LogP contribution in [0.1, 0.15) is 30.4 Å². The molecule has 0 unspecified atom stereocenters. The second kappa shape index (κ2) is 6.84. The number of benzene rings is 1. The first-order valence-corrected chi connectivity index (χ1v) is 6.21. The van der Waals surface area contributed by atoms with Gasteiger partial charge in [0.05, 0.1) is 10.6 Å². The second-order valence-electron chi connectivity index (χ2n) is 4.50. The lowest BCUT2D eigenvalue weighted by atomic mass is 10.1. The smallest absolute Gasteiger partial charge is 0.274 e. The number of hydrogen-bond donors (Lipinski definition) is 2. The molecule has 0 aliphatic rings. The normalized spacial score (nSPS) is 10.3. The highest BCUT2D eigenvalue weighted by atomic mass is 16.6. The quantitative estimate of drug-likeness (QED) is 0.468. The minimum absolute atomic E-state index is 0.0165. The molecule has 6 heteroatoms. The van der Waals surface area contributed by atoms with Gasteiger partial charge in [0.1, 0.15) is 0 Å². The molecular formula is C13H19N3O3. The molecule has 0 aliphatic carbocycles. The molecule has 0 saturated heterocycles. The van der Waals surface area contributed by atoms with Crippen molar-refractivity contribution in [3.05, 3.63) is 33.4 Å². The van der Waals surface area contributed by atoms with Crippen molar-refractivity contribution in [1.82, 2.24) is 0 Å². The Hall–Kier alpha value is -1.95. The average molecular weight is 265 g/mol. The summed E-state index contributed by atoms with van der Waals surface area (Å²) in [6.45, 7) is 4.05. The molecule has 0 spiro atoms. The van der Waals surface area contributed by atoms with Crippen molar-refractivity contribution in [2.75, 3.05) is 11.9 Å². The predicted molar refractivity (Wildman–Crippen MR) is 74.1 cm³/mol. The Bertz CT molecular complexity index is 486. The summed E-state index contributed by atoms with van der Waals surface area (Å²) in [5.41, 5.74) is 7.27. The minimum atomic E-state index is -0.446. The predicted octanol–water partition coefficient (Wildman–Crippen LogP) is 2.28. The van der Waals surface area contributed by atoms with E-state index in [0.717, 1.165) is 18.4 Å². The molecule has 0 bridgehead atoms. The van der Waals surface area contributed by atoms with Crippen molar-refractivity contribution < 1.29 is 9.72 Å². The number of nitro groups is 1. The first-order valence-electron chi connectivity index (χ1n) is 6.21. The van der Waals surface area contributed by atoms with Gasteiger partial charge in [-0.05, 0) is 44.9 Å². The largest absolute Gasteiger partial charge is 0.330 e. The Kier molecular flexibility index (Phi) is 5.44. The van der Waals surface area contributed by atoms with Crippen molar-refractivity contribution in [2.24, 2.45) is 5.73 Å². The number of anilines is 1. The van der Waals surface area contributed by atoms with Gasteiger partial charge >= 0.3 is 0 Å². The Morgan fingerprint density at radius 2 is 2.00 bits per heavy atom. The first-order chi connectivity index (χ1) is 8.95. The van der Waals surface area contributed by atoms with E-state index in [2.05, 4.69) is 5.32 Å². The molecular weight excluding hydrogens is 246 g/mol. The SMILES string of the molecule is Cc1cc(C)c([N+](=O)[O-])cc1NC(=O)CCCCN. The Balaban J connectivity index is 2.80. The van der Waals surface area contributed by atoms with Gasteiger partial charge < -0.3 is 11.1 Å². The van der Waals surface area contributed by atoms with Crippen LogP contribution in [0.5, 0.6) is 0 Å². The Morgan fingerprint density at radius 3 is 2.58 bits per heavy atom. The number of nitro benzene ring substituents is 1. The van der Waals surface area contributed by atoms with Crippen LogP contribution in [0.25, 0.3) is 0 Å². The van der Waals surface area contributed by atoms with Gasteiger partial charge in [0.25, 0.3) is 5.69 Å². The zero-order chi connectivity index (χ0) is 14.4. The van der Waals surface area contributed by atoms with Gasteiger partial charge in [0.15, 0.2) is 0 Å². The number of carbonyl (C=O) groups is 1. The summed E-state index contributed by atoms with van der Waals surface area (Å²) < 4.78 is 0. The topological polar surface area (TPSA) is 98.3 Å². The molecule has 1 amide bonds. The van der Waals surface area contributed by atoms with Gasteiger partial charge in [0, 0.05) is 18.1 Å². The Labute approximate surface area is 112 Å². The van der Waals surface area contributed by atoms with Crippen LogP contribution in [0.3, 0.4) is 0 Å². The van der Waals surface area contributed by atoms with Crippen LogP contribution in [-0.4, -0.2) is 17.4 Å². The highest BCUT2D eigenvalue weighted by Crippen LogP contribution is 2.26. The number of nitrogens with zero attached hydrogens (tertiary/aromatic N) is 1. The van der Waals surface area contributed by atoms with Crippen LogP contribution in [0.4, 0.5) is 11.4 Å². The lowest BCUT2D eigenvalue weighted by molar-refractivity contribution is -0.385. The molecule has 6 nitrogen and oxygen atoms in total. The van der Waals surface area contributed by atoms with Crippen LogP contribution >= 0.6 is 0 Å². The Morgan fingerprint density at radius 1 is 1.32 bits per heavy atom. The number of aryl methyl sites for hydroxylation is 2. The van der Waals surface area contributed by atoms with E-state index in [9.17, 15) is 14.9 Å². The van der Waals surface area contributed by atoms with E-state index in [1.165, 1.54) is 6.07 Å². The number of unbranched alkanes of at least 4 members (excludes halogenated alkanes) is 1. The zero-order valence-corrected chi connectivity index (χ0v) is 11.2. The van der Waals surface area contributed by atoms with Gasteiger partial charge in [0.2, 0.25) is 5.91 Å². The average Bonchev–Trinajstić information content (AvgIpc) is 2.32. The van der Waals surface area contributed by atoms with E-state index in [0.29, 0.717) is 24.2 Å². The molecule has 1 aromatic rings. The van der Waals surface area contributed by atoms with E-state index < -0.39 is 4.92 Å². The summed E-state index contributed by atoms with van der Waals surface area (Å²) in [4.78, 5) is 22.1. The standard InChI is InChI=1S/C13H19N3O3/c1-9-7-10(2)12(16(18)19)8-11(9)15-13(17)5-3-4-6-14/h7-8H,3-6,14H2,1-2H3,(H,15,17). The molecule has 0 saturated carbocycles. The summed E-state index contributed by atoms with van der Waals surface area (Å²) in [6.07, 6.45) is 1.88. The first kappa shape index (κ1) is 15.1. The third-order valence-electron chi connectivity index (χ3n) is 2.87. The maximum Gasteiger partial charge on any atom is 0.274 e. The third kappa shape index (κ3) is 4.33. The van der Waals surface area contributed by atoms with Crippen molar-refractivity contribution in [2.45, 2.75) is 33.1 Å². The maximum atomic E-state index is 11.7. The van der Waals surface area contributed by atoms with Crippen LogP contribution in [0, 0.1) is 24.0 Å². The van der Waals surface area contributed by atoms with Gasteiger partial charge in [-0.25, -0.2) is 0 Å². The number of carbonyl (C=O) groups excluding carboxylic acids is 1. The number of amides is 1. The monoisotopic (exact) mass is 265 g/mol. The highest BCUT2D eigenvalue weighted by molar-refractivity contribution is 5.92. The lowest BCUT2D eigenvalue weighted by Crippen LogP contribution is -2.13. The highest BCUT2D eigenvalue weighted by Gasteiger charge is 2.14. The summed E-state index contributed by atoms with van der Waals surface area (Å²) in [6, 6.07) is 3.11. The number of rotatable bonds is 6. The summed E-state index contributed by atoms with van der Waals surface area (Å²) in [5.74, 6) is -0.144. The fraction of sp³-hybridized carbons (Fsp3) is 0.462. The fourth-order valence-electron chi connectivity index (χ4n) is 1.81. The molecule has 1 rings (SSSR count). The van der Waals surface area contributed by atoms with Crippen LogP contribution in [-0.2, 0) is 4.79 Å². The zero-order valence-electron chi connectivity index (χ0n) is 11.2. The lowest BCUT2D eigenvalue weighted by Gasteiger charge is -2.09. The van der Waals surface area contributed by atoms with Crippen LogP contribution in [0.2, 0.25) is 0 Å². The maximum absolute atomic E-state index is 11.7. The van der Waals surface area contributed by atoms with Crippen molar-refractivity contribution in [3.63, 3.8) is 0 Å². The second-order valence-corrected chi connectivity index (χ2v) is 4.50. The molecule has 0 aliphatic heterocycles. The van der Waals surface area contributed by atoms with Crippen LogP contribution in [0.15, 0.2) is 12.1 Å². The molecule has 0 atom stereocenters. The summed E-state index contributed by atoms with van der Waals surface area (Å²) in [5, 5.41) is 13.6. The van der Waals surface area contributed by atoms with Gasteiger partial charge in [-0.15, -0.1) is 0 Å². The third-order valence-corrected chi connectivity index (χ3v) is 2.87. The number of hydrogen-bond acceptors (Lipinski definition) is 4. The number of nitrogens with one attached hydrogen (secondary N) is 1. The molecule has 0 heterocycles. The van der Waals surface area contributed by atoms with E-state index in [1.54, 1.807) is 13.0 Å². The van der Waals surface area contributed by atoms with E-state index in [-0.39, 0.29) is 11.6 Å². The fourth-order valence-corrected chi connectivity index (χ4v) is 1.81. The van der Waals surface area contributed by atoms with E-state index >= 15 is 0 Å². The van der Waals surface area contributed by atoms with Crippen molar-refractivity contribution >= 4 is 17.3 Å².